The molecular weight excluding hydrogens is 266 g/mol. The van der Waals surface area contributed by atoms with Gasteiger partial charge in [-0.05, 0) is 42.9 Å². The molecule has 1 aromatic heterocycles. The van der Waals surface area contributed by atoms with Crippen molar-refractivity contribution < 1.29 is 0 Å². The van der Waals surface area contributed by atoms with E-state index >= 15 is 0 Å². The number of unbranched alkanes of at least 4 members (excludes halogenated alkanes) is 6. The number of hydrogen-bond donors (Lipinski definition) is 0. The Balaban J connectivity index is 2.74. The maximum atomic E-state index is 4.75. The van der Waals surface area contributed by atoms with Crippen molar-refractivity contribution in [3.63, 3.8) is 0 Å². The first-order valence-electron chi connectivity index (χ1n) is 9.47. The van der Waals surface area contributed by atoms with Gasteiger partial charge in [0.25, 0.3) is 0 Å². The average molecular weight is 304 g/mol. The third-order valence-corrected chi connectivity index (χ3v) is 4.45. The molecule has 0 bridgehead atoms. The lowest BCUT2D eigenvalue weighted by atomic mass is 9.88. The Hall–Kier alpha value is -0.850. The normalized spacial score (nSPS) is 11.9. The summed E-state index contributed by atoms with van der Waals surface area (Å²) >= 11 is 0. The molecule has 126 valence electrons. The minimum absolute atomic E-state index is 0.152. The largest absolute Gasteiger partial charge is 0.260 e. The molecule has 0 aliphatic carbocycles. The van der Waals surface area contributed by atoms with E-state index in [4.69, 9.17) is 4.98 Å². The summed E-state index contributed by atoms with van der Waals surface area (Å²) in [6.07, 6.45) is 15.3. The van der Waals surface area contributed by atoms with Gasteiger partial charge in [-0.2, -0.15) is 0 Å². The van der Waals surface area contributed by atoms with Crippen molar-refractivity contribution in [1.82, 2.24) is 4.98 Å². The monoisotopic (exact) mass is 303 g/mol. The molecule has 0 aliphatic rings. The Morgan fingerprint density at radius 2 is 1.32 bits per heavy atom. The molecule has 1 aromatic rings. The third kappa shape index (κ3) is 6.94. The van der Waals surface area contributed by atoms with Crippen LogP contribution < -0.4 is 0 Å². The fourth-order valence-electron chi connectivity index (χ4n) is 2.88. The molecule has 0 saturated carbocycles. The Kier molecular flexibility index (Phi) is 8.75. The van der Waals surface area contributed by atoms with Crippen molar-refractivity contribution in [3.8, 4) is 0 Å². The van der Waals surface area contributed by atoms with E-state index in [9.17, 15) is 0 Å². The van der Waals surface area contributed by atoms with Gasteiger partial charge < -0.3 is 0 Å². The summed E-state index contributed by atoms with van der Waals surface area (Å²) in [6, 6.07) is 2.39. The van der Waals surface area contributed by atoms with E-state index in [2.05, 4.69) is 46.9 Å². The van der Waals surface area contributed by atoms with E-state index < -0.39 is 0 Å². The summed E-state index contributed by atoms with van der Waals surface area (Å²) in [4.78, 5) is 4.75. The summed E-state index contributed by atoms with van der Waals surface area (Å²) < 4.78 is 0. The van der Waals surface area contributed by atoms with E-state index in [1.165, 1.54) is 75.5 Å². The van der Waals surface area contributed by atoms with Gasteiger partial charge in [0.05, 0.1) is 0 Å². The topological polar surface area (TPSA) is 12.9 Å². The van der Waals surface area contributed by atoms with Crippen LogP contribution in [0.3, 0.4) is 0 Å². The molecule has 0 N–H and O–H groups in total. The first-order chi connectivity index (χ1) is 10.5. The zero-order chi connectivity index (χ0) is 16.4. The lowest BCUT2D eigenvalue weighted by Crippen LogP contribution is -2.14. The van der Waals surface area contributed by atoms with Crippen LogP contribution in [0.2, 0.25) is 0 Å². The molecule has 0 spiro atoms. The van der Waals surface area contributed by atoms with E-state index in [0.29, 0.717) is 0 Å². The molecule has 1 nitrogen and oxygen atoms in total. The van der Waals surface area contributed by atoms with Crippen LogP contribution in [-0.2, 0) is 18.3 Å². The number of nitrogens with zero attached hydrogens (tertiary/aromatic N) is 1. The van der Waals surface area contributed by atoms with Crippen LogP contribution in [-0.4, -0.2) is 4.98 Å². The van der Waals surface area contributed by atoms with Gasteiger partial charge in [-0.15, -0.1) is 0 Å². The van der Waals surface area contributed by atoms with Gasteiger partial charge >= 0.3 is 0 Å². The number of rotatable bonds is 10. The average Bonchev–Trinajstić information content (AvgIpc) is 2.48. The fraction of sp³-hybridized carbons (Fsp3) is 0.762. The molecule has 0 amide bonds. The maximum absolute atomic E-state index is 4.75. The van der Waals surface area contributed by atoms with Gasteiger partial charge in [0, 0.05) is 17.3 Å². The second-order valence-electron chi connectivity index (χ2n) is 7.71. The van der Waals surface area contributed by atoms with E-state index in [1.807, 2.05) is 0 Å². The van der Waals surface area contributed by atoms with Gasteiger partial charge in [0.1, 0.15) is 0 Å². The number of aryl methyl sites for hydroxylation is 2. The highest BCUT2D eigenvalue weighted by molar-refractivity contribution is 5.29. The van der Waals surface area contributed by atoms with Crippen LogP contribution in [0, 0.1) is 0 Å². The van der Waals surface area contributed by atoms with Gasteiger partial charge in [-0.3, -0.25) is 4.98 Å². The zero-order valence-corrected chi connectivity index (χ0v) is 15.7. The lowest BCUT2D eigenvalue weighted by molar-refractivity contribution is 0.564. The third-order valence-electron chi connectivity index (χ3n) is 4.45. The highest BCUT2D eigenvalue weighted by Crippen LogP contribution is 2.24. The van der Waals surface area contributed by atoms with Crippen LogP contribution in [0.5, 0.6) is 0 Å². The fourth-order valence-corrected chi connectivity index (χ4v) is 2.88. The Morgan fingerprint density at radius 3 is 1.82 bits per heavy atom. The predicted octanol–water partition coefficient (Wildman–Crippen LogP) is 6.62. The first kappa shape index (κ1) is 19.2. The van der Waals surface area contributed by atoms with Gasteiger partial charge in [-0.25, -0.2) is 0 Å². The molecule has 1 rings (SSSR count). The molecule has 0 aromatic carbocycles. The van der Waals surface area contributed by atoms with Gasteiger partial charge in [0.2, 0.25) is 0 Å². The highest BCUT2D eigenvalue weighted by Gasteiger charge is 2.17. The van der Waals surface area contributed by atoms with Crippen molar-refractivity contribution in [3.05, 3.63) is 29.1 Å². The van der Waals surface area contributed by atoms with Crippen LogP contribution in [0.15, 0.2) is 12.3 Å². The Labute approximate surface area is 138 Å². The van der Waals surface area contributed by atoms with Crippen molar-refractivity contribution in [1.29, 1.82) is 0 Å². The number of aromatic nitrogens is 1. The molecule has 0 aliphatic heterocycles. The number of pyridine rings is 1. The molecular formula is C21H37N. The molecule has 0 saturated heterocycles. The minimum atomic E-state index is 0.152. The summed E-state index contributed by atoms with van der Waals surface area (Å²) in [5.74, 6) is 0. The summed E-state index contributed by atoms with van der Waals surface area (Å²) in [7, 11) is 0. The Morgan fingerprint density at radius 1 is 0.773 bits per heavy atom. The van der Waals surface area contributed by atoms with Crippen LogP contribution in [0.1, 0.15) is 103 Å². The smallest absolute Gasteiger partial charge is 0.0459 e. The van der Waals surface area contributed by atoms with E-state index in [-0.39, 0.29) is 5.41 Å². The summed E-state index contributed by atoms with van der Waals surface area (Å²) in [6.45, 7) is 11.3. The zero-order valence-electron chi connectivity index (χ0n) is 15.7. The van der Waals surface area contributed by atoms with Crippen LogP contribution in [0.4, 0.5) is 0 Å². The standard InChI is InChI=1S/C21H37N/c1-6-8-10-12-14-18-16-20(21(3,4)5)22-17-19(18)15-13-11-9-7-2/h16-17H,6-15H2,1-5H3. The van der Waals surface area contributed by atoms with E-state index in [1.54, 1.807) is 5.56 Å². The SMILES string of the molecule is CCCCCCc1cnc(C(C)(C)C)cc1CCCCCC. The maximum Gasteiger partial charge on any atom is 0.0459 e. The lowest BCUT2D eigenvalue weighted by Gasteiger charge is -2.20. The molecule has 1 heteroatoms. The summed E-state index contributed by atoms with van der Waals surface area (Å²) in [5.41, 5.74) is 4.46. The van der Waals surface area contributed by atoms with Crippen LogP contribution >= 0.6 is 0 Å². The van der Waals surface area contributed by atoms with Crippen molar-refractivity contribution >= 4 is 0 Å². The van der Waals surface area contributed by atoms with Gasteiger partial charge in [-0.1, -0.05) is 73.1 Å². The van der Waals surface area contributed by atoms with Gasteiger partial charge in [0.15, 0.2) is 0 Å². The molecule has 22 heavy (non-hydrogen) atoms. The minimum Gasteiger partial charge on any atom is -0.260 e. The van der Waals surface area contributed by atoms with Crippen molar-refractivity contribution in [2.75, 3.05) is 0 Å². The van der Waals surface area contributed by atoms with Crippen molar-refractivity contribution in [2.45, 2.75) is 104 Å². The van der Waals surface area contributed by atoms with Crippen molar-refractivity contribution in [2.24, 2.45) is 0 Å². The first-order valence-corrected chi connectivity index (χ1v) is 9.47. The molecule has 0 unspecified atom stereocenters. The van der Waals surface area contributed by atoms with E-state index in [0.717, 1.165) is 0 Å². The Bertz CT molecular complexity index is 414. The highest BCUT2D eigenvalue weighted by atomic mass is 14.7. The predicted molar refractivity (Wildman–Crippen MR) is 98.6 cm³/mol. The molecule has 0 fully saturated rings. The molecule has 0 atom stereocenters. The second kappa shape index (κ2) is 10.0. The second-order valence-corrected chi connectivity index (χ2v) is 7.71. The summed E-state index contributed by atoms with van der Waals surface area (Å²) in [5, 5.41) is 0. The number of hydrogen-bond acceptors (Lipinski definition) is 1. The van der Waals surface area contributed by atoms with Crippen LogP contribution in [0.25, 0.3) is 0 Å². The quantitative estimate of drug-likeness (QED) is 0.442. The molecule has 1 heterocycles. The molecule has 0 radical (unpaired) electrons.